The summed E-state index contributed by atoms with van der Waals surface area (Å²) in [5.74, 6) is 1.48. The molecule has 1 aromatic heterocycles. The Bertz CT molecular complexity index is 566. The van der Waals surface area contributed by atoms with Crippen molar-refractivity contribution in [2.24, 2.45) is 0 Å². The number of hydrogen-bond acceptors (Lipinski definition) is 2. The van der Waals surface area contributed by atoms with Crippen molar-refractivity contribution >= 4 is 23.1 Å². The van der Waals surface area contributed by atoms with Crippen LogP contribution in [0.5, 0.6) is 0 Å². The Hall–Kier alpha value is -1.54. The molecule has 1 aromatic carbocycles. The van der Waals surface area contributed by atoms with Crippen LogP contribution < -0.4 is 4.90 Å². The molecule has 0 atom stereocenters. The molecule has 0 aliphatic carbocycles. The van der Waals surface area contributed by atoms with E-state index in [2.05, 4.69) is 54.1 Å². The second-order valence-electron chi connectivity index (χ2n) is 4.69. The number of pyridine rings is 1. The van der Waals surface area contributed by atoms with Gasteiger partial charge in [-0.25, -0.2) is 4.98 Å². The SMILES string of the molecule is CCN(c1cccc(C)c1)c1cc(CCl)cc(C)n1. The number of hydrogen-bond donors (Lipinski definition) is 0. The van der Waals surface area contributed by atoms with Crippen molar-refractivity contribution in [1.29, 1.82) is 0 Å². The van der Waals surface area contributed by atoms with Crippen molar-refractivity contribution in [3.05, 3.63) is 53.2 Å². The normalized spacial score (nSPS) is 10.5. The van der Waals surface area contributed by atoms with Gasteiger partial charge in [0.15, 0.2) is 0 Å². The molecule has 2 rings (SSSR count). The summed E-state index contributed by atoms with van der Waals surface area (Å²) in [6.45, 7) is 7.11. The van der Waals surface area contributed by atoms with Gasteiger partial charge in [0.25, 0.3) is 0 Å². The molecule has 100 valence electrons. The van der Waals surface area contributed by atoms with E-state index in [4.69, 9.17) is 11.6 Å². The largest absolute Gasteiger partial charge is 0.327 e. The zero-order chi connectivity index (χ0) is 13.8. The standard InChI is InChI=1S/C16H19ClN2/c1-4-19(15-7-5-6-12(2)8-15)16-10-14(11-17)9-13(3)18-16/h5-10H,4,11H2,1-3H3. The quantitative estimate of drug-likeness (QED) is 0.758. The molecule has 0 bridgehead atoms. The number of aryl methyl sites for hydroxylation is 2. The van der Waals surface area contributed by atoms with Crippen LogP contribution in [0, 0.1) is 13.8 Å². The third-order valence-electron chi connectivity index (χ3n) is 3.06. The number of nitrogens with zero attached hydrogens (tertiary/aromatic N) is 2. The second-order valence-corrected chi connectivity index (χ2v) is 4.96. The lowest BCUT2D eigenvalue weighted by atomic mass is 10.2. The molecule has 0 fully saturated rings. The summed E-state index contributed by atoms with van der Waals surface area (Å²) in [5.41, 5.74) is 4.52. The van der Waals surface area contributed by atoms with E-state index >= 15 is 0 Å². The van der Waals surface area contributed by atoms with Gasteiger partial charge in [0.2, 0.25) is 0 Å². The summed E-state index contributed by atoms with van der Waals surface area (Å²) >= 11 is 5.94. The van der Waals surface area contributed by atoms with Crippen LogP contribution in [0.15, 0.2) is 36.4 Å². The first-order chi connectivity index (χ1) is 9.13. The molecule has 19 heavy (non-hydrogen) atoms. The van der Waals surface area contributed by atoms with E-state index in [-0.39, 0.29) is 0 Å². The molecule has 0 spiro atoms. The number of anilines is 2. The summed E-state index contributed by atoms with van der Waals surface area (Å²) in [7, 11) is 0. The summed E-state index contributed by atoms with van der Waals surface area (Å²) in [4.78, 5) is 6.83. The van der Waals surface area contributed by atoms with Crippen LogP contribution in [0.2, 0.25) is 0 Å². The van der Waals surface area contributed by atoms with Gasteiger partial charge in [-0.2, -0.15) is 0 Å². The number of halogens is 1. The van der Waals surface area contributed by atoms with E-state index in [0.717, 1.165) is 23.6 Å². The second kappa shape index (κ2) is 6.07. The summed E-state index contributed by atoms with van der Waals surface area (Å²) < 4.78 is 0. The third kappa shape index (κ3) is 3.27. The highest BCUT2D eigenvalue weighted by atomic mass is 35.5. The maximum Gasteiger partial charge on any atom is 0.133 e. The fourth-order valence-electron chi connectivity index (χ4n) is 2.21. The van der Waals surface area contributed by atoms with Crippen LogP contribution in [-0.4, -0.2) is 11.5 Å². The van der Waals surface area contributed by atoms with E-state index in [1.807, 2.05) is 13.0 Å². The Morgan fingerprint density at radius 3 is 2.58 bits per heavy atom. The predicted octanol–water partition coefficient (Wildman–Crippen LogP) is 4.60. The highest BCUT2D eigenvalue weighted by Crippen LogP contribution is 2.25. The van der Waals surface area contributed by atoms with Crippen LogP contribution >= 0.6 is 11.6 Å². The average molecular weight is 275 g/mol. The van der Waals surface area contributed by atoms with Crippen molar-refractivity contribution in [2.45, 2.75) is 26.7 Å². The molecule has 0 amide bonds. The molecule has 3 heteroatoms. The number of alkyl halides is 1. The molecule has 0 unspecified atom stereocenters. The summed E-state index contributed by atoms with van der Waals surface area (Å²) in [5, 5.41) is 0. The van der Waals surface area contributed by atoms with Crippen molar-refractivity contribution in [3.63, 3.8) is 0 Å². The first-order valence-corrected chi connectivity index (χ1v) is 7.05. The van der Waals surface area contributed by atoms with Crippen LogP contribution in [-0.2, 0) is 5.88 Å². The van der Waals surface area contributed by atoms with Gasteiger partial charge in [0.1, 0.15) is 5.82 Å². The molecule has 2 aromatic rings. The van der Waals surface area contributed by atoms with E-state index < -0.39 is 0 Å². The molecule has 1 heterocycles. The van der Waals surface area contributed by atoms with Gasteiger partial charge in [0.05, 0.1) is 0 Å². The lowest BCUT2D eigenvalue weighted by Crippen LogP contribution is -2.18. The molecule has 0 saturated heterocycles. The minimum absolute atomic E-state index is 0.516. The van der Waals surface area contributed by atoms with E-state index in [0.29, 0.717) is 5.88 Å². The number of rotatable bonds is 4. The molecular formula is C16H19ClN2. The number of aromatic nitrogens is 1. The zero-order valence-corrected chi connectivity index (χ0v) is 12.4. The van der Waals surface area contributed by atoms with Crippen LogP contribution in [0.25, 0.3) is 0 Å². The fourth-order valence-corrected chi connectivity index (χ4v) is 2.36. The van der Waals surface area contributed by atoms with Gasteiger partial charge >= 0.3 is 0 Å². The predicted molar refractivity (Wildman–Crippen MR) is 82.4 cm³/mol. The van der Waals surface area contributed by atoms with Gasteiger partial charge in [-0.15, -0.1) is 11.6 Å². The van der Waals surface area contributed by atoms with Crippen LogP contribution in [0.1, 0.15) is 23.7 Å². The Balaban J connectivity index is 2.44. The Morgan fingerprint density at radius 1 is 1.16 bits per heavy atom. The minimum atomic E-state index is 0.516. The average Bonchev–Trinajstić information content (AvgIpc) is 2.39. The van der Waals surface area contributed by atoms with Crippen LogP contribution in [0.4, 0.5) is 11.5 Å². The highest BCUT2D eigenvalue weighted by Gasteiger charge is 2.10. The summed E-state index contributed by atoms with van der Waals surface area (Å²) in [6, 6.07) is 12.6. The van der Waals surface area contributed by atoms with Gasteiger partial charge in [-0.05, 0) is 56.2 Å². The minimum Gasteiger partial charge on any atom is -0.327 e. The Labute approximate surface area is 120 Å². The van der Waals surface area contributed by atoms with E-state index in [1.54, 1.807) is 0 Å². The highest BCUT2D eigenvalue weighted by molar-refractivity contribution is 6.17. The van der Waals surface area contributed by atoms with Crippen LogP contribution in [0.3, 0.4) is 0 Å². The Kier molecular flexibility index (Phi) is 4.43. The smallest absolute Gasteiger partial charge is 0.133 e. The topological polar surface area (TPSA) is 16.1 Å². The summed E-state index contributed by atoms with van der Waals surface area (Å²) in [6.07, 6.45) is 0. The van der Waals surface area contributed by atoms with Gasteiger partial charge < -0.3 is 4.90 Å². The maximum atomic E-state index is 5.94. The Morgan fingerprint density at radius 2 is 1.95 bits per heavy atom. The maximum absolute atomic E-state index is 5.94. The molecule has 0 N–H and O–H groups in total. The first kappa shape index (κ1) is 13.9. The third-order valence-corrected chi connectivity index (χ3v) is 3.37. The fraction of sp³-hybridized carbons (Fsp3) is 0.312. The molecule has 0 radical (unpaired) electrons. The molecule has 0 aliphatic rings. The van der Waals surface area contributed by atoms with Crippen molar-refractivity contribution < 1.29 is 0 Å². The van der Waals surface area contributed by atoms with Crippen molar-refractivity contribution in [1.82, 2.24) is 4.98 Å². The molecule has 0 aliphatic heterocycles. The lowest BCUT2D eigenvalue weighted by Gasteiger charge is -2.23. The molecule has 2 nitrogen and oxygen atoms in total. The van der Waals surface area contributed by atoms with Crippen molar-refractivity contribution in [3.8, 4) is 0 Å². The van der Waals surface area contributed by atoms with Gasteiger partial charge in [-0.3, -0.25) is 0 Å². The van der Waals surface area contributed by atoms with Crippen molar-refractivity contribution in [2.75, 3.05) is 11.4 Å². The van der Waals surface area contributed by atoms with Gasteiger partial charge in [-0.1, -0.05) is 12.1 Å². The number of benzene rings is 1. The monoisotopic (exact) mass is 274 g/mol. The molecule has 0 saturated carbocycles. The first-order valence-electron chi connectivity index (χ1n) is 6.51. The van der Waals surface area contributed by atoms with E-state index in [9.17, 15) is 0 Å². The lowest BCUT2D eigenvalue weighted by molar-refractivity contribution is 0.973. The van der Waals surface area contributed by atoms with E-state index in [1.165, 1.54) is 11.3 Å². The zero-order valence-electron chi connectivity index (χ0n) is 11.7. The van der Waals surface area contributed by atoms with Gasteiger partial charge in [0, 0.05) is 23.8 Å². The molecular weight excluding hydrogens is 256 g/mol.